The van der Waals surface area contributed by atoms with Gasteiger partial charge in [0.05, 0.1) is 11.3 Å². The van der Waals surface area contributed by atoms with Gasteiger partial charge in [0.15, 0.2) is 0 Å². The van der Waals surface area contributed by atoms with E-state index >= 15 is 0 Å². The number of amides is 1. The number of nitrogens with one attached hydrogen (secondary N) is 1. The summed E-state index contributed by atoms with van der Waals surface area (Å²) < 4.78 is 0. The summed E-state index contributed by atoms with van der Waals surface area (Å²) in [6, 6.07) is 8.36. The van der Waals surface area contributed by atoms with Crippen molar-refractivity contribution in [3.8, 4) is 0 Å². The summed E-state index contributed by atoms with van der Waals surface area (Å²) in [5.41, 5.74) is 0.952. The highest BCUT2D eigenvalue weighted by Gasteiger charge is 2.17. The fraction of sp³-hybridized carbons (Fsp3) is 0.471. The zero-order valence-electron chi connectivity index (χ0n) is 12.8. The molecule has 1 amide bonds. The van der Waals surface area contributed by atoms with Gasteiger partial charge in [0.25, 0.3) is 0 Å². The van der Waals surface area contributed by atoms with Crippen LogP contribution < -0.4 is 5.32 Å². The van der Waals surface area contributed by atoms with Crippen molar-refractivity contribution in [1.82, 2.24) is 15.3 Å². The highest BCUT2D eigenvalue weighted by molar-refractivity contribution is 8.00. The van der Waals surface area contributed by atoms with E-state index in [2.05, 4.69) is 15.3 Å². The van der Waals surface area contributed by atoms with Crippen molar-refractivity contribution in [1.29, 1.82) is 0 Å². The van der Waals surface area contributed by atoms with Gasteiger partial charge >= 0.3 is 0 Å². The lowest BCUT2D eigenvalue weighted by molar-refractivity contribution is -0.119. The van der Waals surface area contributed by atoms with Crippen LogP contribution in [0.25, 0.3) is 10.9 Å². The Kier molecular flexibility index (Phi) is 4.93. The molecule has 1 aromatic heterocycles. The topological polar surface area (TPSA) is 54.9 Å². The first-order chi connectivity index (χ1) is 10.8. The third-order valence-electron chi connectivity index (χ3n) is 3.99. The zero-order chi connectivity index (χ0) is 15.4. The van der Waals surface area contributed by atoms with Gasteiger partial charge in [0, 0.05) is 17.8 Å². The second-order valence-corrected chi connectivity index (χ2v) is 6.62. The van der Waals surface area contributed by atoms with Crippen LogP contribution in [-0.4, -0.2) is 27.7 Å². The van der Waals surface area contributed by atoms with Gasteiger partial charge in [-0.25, -0.2) is 9.97 Å². The van der Waals surface area contributed by atoms with Gasteiger partial charge < -0.3 is 5.32 Å². The van der Waals surface area contributed by atoms with Crippen LogP contribution in [0.4, 0.5) is 0 Å². The van der Waals surface area contributed by atoms with Crippen molar-refractivity contribution in [2.24, 2.45) is 0 Å². The fourth-order valence-corrected chi connectivity index (χ4v) is 3.68. The normalized spacial score (nSPS) is 15.3. The van der Waals surface area contributed by atoms with Crippen LogP contribution in [0.3, 0.4) is 0 Å². The lowest BCUT2D eigenvalue weighted by atomic mass is 10.2. The largest absolute Gasteiger partial charge is 0.353 e. The predicted octanol–water partition coefficient (Wildman–Crippen LogP) is 3.34. The van der Waals surface area contributed by atoms with Gasteiger partial charge in [0.1, 0.15) is 10.9 Å². The molecule has 3 rings (SSSR count). The molecule has 1 fully saturated rings. The number of aryl methyl sites for hydroxylation is 1. The predicted molar refractivity (Wildman–Crippen MR) is 90.0 cm³/mol. The number of thioether (sulfide) groups is 1. The Morgan fingerprint density at radius 1 is 1.27 bits per heavy atom. The molecule has 1 aliphatic rings. The summed E-state index contributed by atoms with van der Waals surface area (Å²) in [6.45, 7) is 2.05. The molecule has 22 heavy (non-hydrogen) atoms. The number of aromatic nitrogens is 2. The van der Waals surface area contributed by atoms with Gasteiger partial charge in [-0.1, -0.05) is 49.7 Å². The van der Waals surface area contributed by atoms with E-state index in [-0.39, 0.29) is 5.91 Å². The van der Waals surface area contributed by atoms with Crippen LogP contribution in [0.2, 0.25) is 0 Å². The summed E-state index contributed by atoms with van der Waals surface area (Å²) in [5.74, 6) is 1.36. The Labute approximate surface area is 135 Å². The first-order valence-electron chi connectivity index (χ1n) is 7.94. The molecule has 0 spiro atoms. The Balaban J connectivity index is 1.71. The second-order valence-electron chi connectivity index (χ2n) is 5.65. The van der Waals surface area contributed by atoms with Gasteiger partial charge in [-0.05, 0) is 18.9 Å². The first kappa shape index (κ1) is 15.3. The molecule has 1 N–H and O–H groups in total. The third-order valence-corrected chi connectivity index (χ3v) is 4.98. The molecule has 116 valence electrons. The number of para-hydroxylation sites is 1. The van der Waals surface area contributed by atoms with Crippen molar-refractivity contribution in [2.75, 3.05) is 5.75 Å². The Morgan fingerprint density at radius 3 is 2.82 bits per heavy atom. The van der Waals surface area contributed by atoms with Gasteiger partial charge in [-0.3, -0.25) is 4.79 Å². The lowest BCUT2D eigenvalue weighted by Gasteiger charge is -2.12. The molecule has 0 atom stereocenters. The number of benzene rings is 1. The highest BCUT2D eigenvalue weighted by Crippen LogP contribution is 2.25. The summed E-state index contributed by atoms with van der Waals surface area (Å²) in [5, 5.41) is 5.06. The summed E-state index contributed by atoms with van der Waals surface area (Å²) >= 11 is 1.51. The molecule has 1 aliphatic carbocycles. The summed E-state index contributed by atoms with van der Waals surface area (Å²) in [7, 11) is 0. The standard InChI is InChI=1S/C17H21N3OS/c1-2-15-19-14-10-6-5-9-13(14)17(20-15)22-11-16(21)18-12-7-3-4-8-12/h5-6,9-10,12H,2-4,7-8,11H2,1H3,(H,18,21). The molecule has 1 saturated carbocycles. The maximum Gasteiger partial charge on any atom is 0.230 e. The molecule has 1 heterocycles. The van der Waals surface area contributed by atoms with E-state index in [1.165, 1.54) is 24.6 Å². The van der Waals surface area contributed by atoms with Crippen molar-refractivity contribution in [3.05, 3.63) is 30.1 Å². The number of nitrogens with zero attached hydrogens (tertiary/aromatic N) is 2. The van der Waals surface area contributed by atoms with E-state index in [0.717, 1.165) is 41.0 Å². The average Bonchev–Trinajstić information content (AvgIpc) is 3.05. The average molecular weight is 315 g/mol. The SMILES string of the molecule is CCc1nc(SCC(=O)NC2CCCC2)c2ccccc2n1. The fourth-order valence-electron chi connectivity index (χ4n) is 2.83. The van der Waals surface area contributed by atoms with E-state index in [9.17, 15) is 4.79 Å². The van der Waals surface area contributed by atoms with Crippen LogP contribution in [-0.2, 0) is 11.2 Å². The van der Waals surface area contributed by atoms with E-state index < -0.39 is 0 Å². The minimum Gasteiger partial charge on any atom is -0.353 e. The Bertz CT molecular complexity index is 668. The van der Waals surface area contributed by atoms with Gasteiger partial charge in [0.2, 0.25) is 5.91 Å². The molecule has 0 saturated heterocycles. The highest BCUT2D eigenvalue weighted by atomic mass is 32.2. The van der Waals surface area contributed by atoms with Gasteiger partial charge in [-0.2, -0.15) is 0 Å². The van der Waals surface area contributed by atoms with Crippen molar-refractivity contribution in [3.63, 3.8) is 0 Å². The van der Waals surface area contributed by atoms with Gasteiger partial charge in [-0.15, -0.1) is 0 Å². The van der Waals surface area contributed by atoms with Crippen molar-refractivity contribution in [2.45, 2.75) is 50.1 Å². The van der Waals surface area contributed by atoms with Crippen molar-refractivity contribution >= 4 is 28.6 Å². The molecule has 0 bridgehead atoms. The Hall–Kier alpha value is -1.62. The molecule has 1 aromatic carbocycles. The minimum atomic E-state index is 0.109. The maximum absolute atomic E-state index is 12.1. The van der Waals surface area contributed by atoms with E-state index in [1.54, 1.807) is 0 Å². The lowest BCUT2D eigenvalue weighted by Crippen LogP contribution is -2.33. The van der Waals surface area contributed by atoms with E-state index in [4.69, 9.17) is 0 Å². The minimum absolute atomic E-state index is 0.109. The summed E-state index contributed by atoms with van der Waals surface area (Å²) in [6.07, 6.45) is 5.50. The Morgan fingerprint density at radius 2 is 2.05 bits per heavy atom. The quantitative estimate of drug-likeness (QED) is 0.679. The first-order valence-corrected chi connectivity index (χ1v) is 8.92. The molecule has 0 aliphatic heterocycles. The van der Waals surface area contributed by atoms with E-state index in [0.29, 0.717) is 11.8 Å². The smallest absolute Gasteiger partial charge is 0.230 e. The number of carbonyl (C=O) groups excluding carboxylic acids is 1. The van der Waals surface area contributed by atoms with Crippen molar-refractivity contribution < 1.29 is 4.79 Å². The zero-order valence-corrected chi connectivity index (χ0v) is 13.7. The molecule has 5 heteroatoms. The van der Waals surface area contributed by atoms with Crippen LogP contribution >= 0.6 is 11.8 Å². The molecule has 0 unspecified atom stereocenters. The summed E-state index contributed by atoms with van der Waals surface area (Å²) in [4.78, 5) is 21.2. The van der Waals surface area contributed by atoms with Crippen LogP contribution in [0.1, 0.15) is 38.4 Å². The molecular formula is C17H21N3OS. The molecular weight excluding hydrogens is 294 g/mol. The number of hydrogen-bond acceptors (Lipinski definition) is 4. The number of hydrogen-bond donors (Lipinski definition) is 1. The number of carbonyl (C=O) groups is 1. The van der Waals surface area contributed by atoms with Crippen LogP contribution in [0.5, 0.6) is 0 Å². The number of fused-ring (bicyclic) bond motifs is 1. The van der Waals surface area contributed by atoms with Crippen LogP contribution in [0.15, 0.2) is 29.3 Å². The maximum atomic E-state index is 12.1. The number of rotatable bonds is 5. The molecule has 0 radical (unpaired) electrons. The third kappa shape index (κ3) is 3.58. The monoisotopic (exact) mass is 315 g/mol. The van der Waals surface area contributed by atoms with E-state index in [1.807, 2.05) is 31.2 Å². The molecule has 2 aromatic rings. The molecule has 4 nitrogen and oxygen atoms in total. The van der Waals surface area contributed by atoms with Crippen LogP contribution in [0, 0.1) is 0 Å². The second kappa shape index (κ2) is 7.09.